The van der Waals surface area contributed by atoms with Crippen molar-refractivity contribution in [2.75, 3.05) is 18.4 Å². The second kappa shape index (κ2) is 7.01. The van der Waals surface area contributed by atoms with Gasteiger partial charge in [0.05, 0.1) is 16.3 Å². The van der Waals surface area contributed by atoms with Gasteiger partial charge in [0.25, 0.3) is 0 Å². The van der Waals surface area contributed by atoms with E-state index < -0.39 is 11.7 Å². The number of amides is 1. The lowest BCUT2D eigenvalue weighted by Crippen LogP contribution is -2.35. The van der Waals surface area contributed by atoms with Gasteiger partial charge in [0.15, 0.2) is 0 Å². The second-order valence-corrected chi connectivity index (χ2v) is 5.54. The SMILES string of the molecule is CC(C)(C)OC(=O)NCCNc1cccc(Cl)c1C#N. The highest BCUT2D eigenvalue weighted by Crippen LogP contribution is 2.22. The first kappa shape index (κ1) is 16.1. The summed E-state index contributed by atoms with van der Waals surface area (Å²) in [5.74, 6) is 0. The Balaban J connectivity index is 2.41. The highest BCUT2D eigenvalue weighted by molar-refractivity contribution is 6.32. The van der Waals surface area contributed by atoms with Gasteiger partial charge in [0, 0.05) is 13.1 Å². The van der Waals surface area contributed by atoms with E-state index in [1.165, 1.54) is 0 Å². The third kappa shape index (κ3) is 5.37. The Bertz CT molecular complexity index is 518. The fourth-order valence-electron chi connectivity index (χ4n) is 1.46. The number of alkyl carbamates (subject to hydrolysis) is 1. The van der Waals surface area contributed by atoms with Gasteiger partial charge in [0.1, 0.15) is 11.7 Å². The second-order valence-electron chi connectivity index (χ2n) is 5.13. The van der Waals surface area contributed by atoms with Crippen molar-refractivity contribution in [2.45, 2.75) is 26.4 Å². The number of carbonyl (C=O) groups excluding carboxylic acids is 1. The average Bonchev–Trinajstić information content (AvgIpc) is 2.32. The molecule has 5 nitrogen and oxygen atoms in total. The van der Waals surface area contributed by atoms with Gasteiger partial charge in [0.2, 0.25) is 0 Å². The molecule has 0 aliphatic heterocycles. The number of rotatable bonds is 4. The smallest absolute Gasteiger partial charge is 0.407 e. The van der Waals surface area contributed by atoms with Crippen LogP contribution in [0.2, 0.25) is 5.02 Å². The van der Waals surface area contributed by atoms with Crippen molar-refractivity contribution in [2.24, 2.45) is 0 Å². The number of hydrogen-bond donors (Lipinski definition) is 2. The Morgan fingerprint density at radius 1 is 1.40 bits per heavy atom. The van der Waals surface area contributed by atoms with Crippen LogP contribution in [0.4, 0.5) is 10.5 Å². The van der Waals surface area contributed by atoms with Crippen LogP contribution in [-0.2, 0) is 4.74 Å². The monoisotopic (exact) mass is 295 g/mol. The Morgan fingerprint density at radius 2 is 2.10 bits per heavy atom. The molecule has 0 radical (unpaired) electrons. The zero-order valence-corrected chi connectivity index (χ0v) is 12.5. The molecule has 0 saturated carbocycles. The quantitative estimate of drug-likeness (QED) is 0.837. The fourth-order valence-corrected chi connectivity index (χ4v) is 1.68. The molecule has 0 unspecified atom stereocenters. The zero-order chi connectivity index (χ0) is 15.2. The maximum absolute atomic E-state index is 11.4. The number of benzene rings is 1. The van der Waals surface area contributed by atoms with Gasteiger partial charge in [-0.2, -0.15) is 5.26 Å². The third-order valence-corrected chi connectivity index (χ3v) is 2.55. The minimum Gasteiger partial charge on any atom is -0.444 e. The van der Waals surface area contributed by atoms with Crippen LogP contribution in [0.25, 0.3) is 0 Å². The van der Waals surface area contributed by atoms with Crippen molar-refractivity contribution >= 4 is 23.4 Å². The third-order valence-electron chi connectivity index (χ3n) is 2.23. The van der Waals surface area contributed by atoms with Gasteiger partial charge < -0.3 is 15.4 Å². The van der Waals surface area contributed by atoms with E-state index in [0.29, 0.717) is 29.4 Å². The number of nitrogens with one attached hydrogen (secondary N) is 2. The highest BCUT2D eigenvalue weighted by atomic mass is 35.5. The van der Waals surface area contributed by atoms with Crippen LogP contribution in [0.3, 0.4) is 0 Å². The minimum absolute atomic E-state index is 0.381. The first-order chi connectivity index (χ1) is 9.33. The van der Waals surface area contributed by atoms with E-state index in [4.69, 9.17) is 21.6 Å². The van der Waals surface area contributed by atoms with Gasteiger partial charge in [-0.25, -0.2) is 4.79 Å². The summed E-state index contributed by atoms with van der Waals surface area (Å²) in [6.45, 7) is 6.25. The normalized spacial score (nSPS) is 10.6. The summed E-state index contributed by atoms with van der Waals surface area (Å²) < 4.78 is 5.10. The first-order valence-corrected chi connectivity index (χ1v) is 6.60. The number of carbonyl (C=O) groups is 1. The van der Waals surface area contributed by atoms with E-state index in [0.717, 1.165) is 0 Å². The van der Waals surface area contributed by atoms with Crippen LogP contribution in [-0.4, -0.2) is 24.8 Å². The molecule has 0 spiro atoms. The number of nitrogens with zero attached hydrogens (tertiary/aromatic N) is 1. The molecule has 6 heteroatoms. The molecule has 2 N–H and O–H groups in total. The topological polar surface area (TPSA) is 74.2 Å². The minimum atomic E-state index is -0.515. The molecule has 0 fully saturated rings. The maximum atomic E-state index is 11.4. The summed E-state index contributed by atoms with van der Waals surface area (Å²) in [5, 5.41) is 15.1. The summed E-state index contributed by atoms with van der Waals surface area (Å²) in [4.78, 5) is 11.4. The van der Waals surface area contributed by atoms with Crippen molar-refractivity contribution in [1.82, 2.24) is 5.32 Å². The molecule has 20 heavy (non-hydrogen) atoms. The lowest BCUT2D eigenvalue weighted by molar-refractivity contribution is 0.0530. The van der Waals surface area contributed by atoms with Gasteiger partial charge in [-0.3, -0.25) is 0 Å². The lowest BCUT2D eigenvalue weighted by atomic mass is 10.2. The molecule has 108 valence electrons. The Kier molecular flexibility index (Phi) is 5.66. The van der Waals surface area contributed by atoms with Crippen molar-refractivity contribution in [3.63, 3.8) is 0 Å². The van der Waals surface area contributed by atoms with E-state index in [1.54, 1.807) is 39.0 Å². The molecule has 0 aliphatic rings. The van der Waals surface area contributed by atoms with E-state index in [9.17, 15) is 4.79 Å². The van der Waals surface area contributed by atoms with Crippen LogP contribution >= 0.6 is 11.6 Å². The summed E-state index contributed by atoms with van der Waals surface area (Å²) in [6.07, 6.45) is -0.467. The predicted octanol–water partition coefficient (Wildman–Crippen LogP) is 3.15. The molecule has 1 aromatic rings. The van der Waals surface area contributed by atoms with Gasteiger partial charge in [-0.05, 0) is 32.9 Å². The molecule has 1 rings (SSSR count). The van der Waals surface area contributed by atoms with Crippen molar-refractivity contribution in [3.8, 4) is 6.07 Å². The lowest BCUT2D eigenvalue weighted by Gasteiger charge is -2.19. The van der Waals surface area contributed by atoms with Crippen molar-refractivity contribution < 1.29 is 9.53 Å². The number of hydrogen-bond acceptors (Lipinski definition) is 4. The van der Waals surface area contributed by atoms with E-state index >= 15 is 0 Å². The Hall–Kier alpha value is -1.93. The highest BCUT2D eigenvalue weighted by Gasteiger charge is 2.15. The zero-order valence-electron chi connectivity index (χ0n) is 11.8. The van der Waals surface area contributed by atoms with Crippen LogP contribution in [0.5, 0.6) is 0 Å². The maximum Gasteiger partial charge on any atom is 0.407 e. The molecule has 0 aromatic heterocycles. The Labute approximate surface area is 123 Å². The van der Waals surface area contributed by atoms with E-state index in [-0.39, 0.29) is 0 Å². The number of anilines is 1. The van der Waals surface area contributed by atoms with E-state index in [2.05, 4.69) is 10.6 Å². The number of halogens is 1. The number of nitriles is 1. The van der Waals surface area contributed by atoms with Crippen LogP contribution in [0.15, 0.2) is 18.2 Å². The largest absolute Gasteiger partial charge is 0.444 e. The Morgan fingerprint density at radius 3 is 2.70 bits per heavy atom. The van der Waals surface area contributed by atoms with Crippen LogP contribution in [0, 0.1) is 11.3 Å². The summed E-state index contributed by atoms with van der Waals surface area (Å²) in [7, 11) is 0. The molecular weight excluding hydrogens is 278 g/mol. The first-order valence-electron chi connectivity index (χ1n) is 6.23. The standard InChI is InChI=1S/C14H18ClN3O2/c1-14(2,3)20-13(19)18-8-7-17-12-6-4-5-11(15)10(12)9-16/h4-6,17H,7-8H2,1-3H3,(H,18,19). The predicted molar refractivity (Wildman–Crippen MR) is 78.9 cm³/mol. The molecule has 1 aromatic carbocycles. The molecule has 0 saturated heterocycles. The summed E-state index contributed by atoms with van der Waals surface area (Å²) >= 11 is 5.91. The van der Waals surface area contributed by atoms with Gasteiger partial charge >= 0.3 is 6.09 Å². The van der Waals surface area contributed by atoms with Gasteiger partial charge in [-0.15, -0.1) is 0 Å². The fraction of sp³-hybridized carbons (Fsp3) is 0.429. The molecule has 0 aliphatic carbocycles. The van der Waals surface area contributed by atoms with Gasteiger partial charge in [-0.1, -0.05) is 17.7 Å². The van der Waals surface area contributed by atoms with Crippen molar-refractivity contribution in [1.29, 1.82) is 5.26 Å². The number of ether oxygens (including phenoxy) is 1. The van der Waals surface area contributed by atoms with Crippen LogP contribution in [0.1, 0.15) is 26.3 Å². The molecule has 1 amide bonds. The molecule has 0 bridgehead atoms. The molecular formula is C14H18ClN3O2. The average molecular weight is 296 g/mol. The van der Waals surface area contributed by atoms with Crippen molar-refractivity contribution in [3.05, 3.63) is 28.8 Å². The molecule has 0 atom stereocenters. The summed E-state index contributed by atoms with van der Waals surface area (Å²) in [6, 6.07) is 7.21. The molecule has 0 heterocycles. The summed E-state index contributed by atoms with van der Waals surface area (Å²) in [5.41, 5.74) is 0.524. The van der Waals surface area contributed by atoms with E-state index in [1.807, 2.05) is 6.07 Å². The van der Waals surface area contributed by atoms with Crippen LogP contribution < -0.4 is 10.6 Å².